The van der Waals surface area contributed by atoms with Crippen molar-refractivity contribution in [1.29, 1.82) is 0 Å². The Labute approximate surface area is 710 Å². The van der Waals surface area contributed by atoms with Crippen LogP contribution in [0.3, 0.4) is 0 Å². The number of nitrogens with one attached hydrogen (secondary N) is 7. The average Bonchev–Trinajstić information content (AvgIpc) is 1.40. The summed E-state index contributed by atoms with van der Waals surface area (Å²) >= 11 is 14.2. The zero-order chi connectivity index (χ0) is 88.4. The van der Waals surface area contributed by atoms with Crippen LogP contribution in [-0.2, 0) is 59.0 Å². The van der Waals surface area contributed by atoms with Crippen LogP contribution < -0.4 is 60.9 Å². The molecule has 0 aliphatic carbocycles. The molecule has 17 bridgehead atoms. The SMILES string of the molecule is CC(C)CCCCCCCCC(=O)N[C@H]1[C@H](Oc2c3cc4cc2Oc2ccc(cc2Cl)[C@@H](O)[C@@H]2NC(=O)[C@H](NC(=O)[C@@H]4NC(=O)[C@H]4NC(=O)[C@@H](Cc5ccc(cc5)O3)NC(=O)[C@H](N(C)C)c3ccc(c(O)c3)Oc3cc(O)c(Cl)c4c3)c3ccc(O)c(c3)-c3c(O[C@H]4O[C@H](CO)[C@@H](O)[C@H](O)[C@@H]4O)cc(O)cc3[C@@H](C(=O)O)NC2=O)O[C@H](C(=O)O)[C@@H](O)[C@@H]1O. The summed E-state index contributed by atoms with van der Waals surface area (Å²) in [5.74, 6) is -19.0. The second kappa shape index (κ2) is 37.5. The number of carboxylic acids is 2. The molecule has 0 aromatic heterocycles. The monoisotopic (exact) mass is 1740 g/mol. The van der Waals surface area contributed by atoms with Crippen LogP contribution in [0.2, 0.25) is 10.0 Å². The molecule has 2 fully saturated rings. The van der Waals surface area contributed by atoms with Crippen molar-refractivity contribution < 1.29 is 143 Å². The number of carboxylic acid groups (broad SMARTS) is 2. The van der Waals surface area contributed by atoms with E-state index >= 15 is 24.0 Å². The van der Waals surface area contributed by atoms with E-state index in [-0.39, 0.29) is 40.4 Å². The van der Waals surface area contributed by atoms with Crippen LogP contribution in [0.25, 0.3) is 11.1 Å². The normalized spacial score (nSPS) is 26.4. The van der Waals surface area contributed by atoms with Gasteiger partial charge in [0.2, 0.25) is 59.7 Å². The second-order valence-corrected chi connectivity index (χ2v) is 32.0. The van der Waals surface area contributed by atoms with E-state index in [0.717, 1.165) is 105 Å². The summed E-state index contributed by atoms with van der Waals surface area (Å²) in [5.41, 5.74) is -3.28. The average molecular weight is 1750 g/mol. The molecule has 0 unspecified atom stereocenters. The molecule has 7 amide bonds. The fourth-order valence-corrected chi connectivity index (χ4v) is 15.9. The smallest absolute Gasteiger partial charge is 0.335 e. The molecule has 0 saturated carbocycles. The Morgan fingerprint density at radius 3 is 1.85 bits per heavy atom. The van der Waals surface area contributed by atoms with Crippen molar-refractivity contribution in [2.45, 2.75) is 181 Å². The summed E-state index contributed by atoms with van der Waals surface area (Å²) in [6, 6.07) is 4.58. The van der Waals surface area contributed by atoms with Crippen molar-refractivity contribution in [2.75, 3.05) is 20.7 Å². The van der Waals surface area contributed by atoms with Crippen LogP contribution in [0.5, 0.6) is 69.0 Å². The highest BCUT2D eigenvalue weighted by Gasteiger charge is 2.52. The van der Waals surface area contributed by atoms with Gasteiger partial charge < -0.3 is 137 Å². The number of unbranched alkanes of at least 4 members (excludes halogenated alkanes) is 5. The first-order chi connectivity index (χ1) is 58.5. The van der Waals surface area contributed by atoms with Crippen LogP contribution in [0, 0.1) is 5.92 Å². The molecule has 20 N–H and O–H groups in total. The van der Waals surface area contributed by atoms with Gasteiger partial charge in [-0.3, -0.25) is 38.5 Å². The van der Waals surface area contributed by atoms with E-state index in [2.05, 4.69) is 51.1 Å². The molecule has 39 heteroatoms. The highest BCUT2D eigenvalue weighted by molar-refractivity contribution is 6.33. The number of aliphatic hydroxyl groups excluding tert-OH is 7. The molecule has 18 atom stereocenters. The molecule has 16 rings (SSSR count). The van der Waals surface area contributed by atoms with E-state index < -0.39 is 271 Å². The number of fused-ring (bicyclic) bond motifs is 14. The highest BCUT2D eigenvalue weighted by Crippen LogP contribution is 2.51. The Balaban J connectivity index is 1.04. The molecule has 9 aliphatic heterocycles. The number of aromatic hydroxyl groups is 4. The molecule has 2 saturated heterocycles. The summed E-state index contributed by atoms with van der Waals surface area (Å²) in [5, 5.41) is 165. The van der Waals surface area contributed by atoms with Gasteiger partial charge in [-0.1, -0.05) is 106 Å². The van der Waals surface area contributed by atoms with E-state index in [1.54, 1.807) is 0 Å². The predicted octanol–water partition coefficient (Wildman–Crippen LogP) is 4.53. The van der Waals surface area contributed by atoms with E-state index in [1.165, 1.54) is 61.5 Å². The summed E-state index contributed by atoms with van der Waals surface area (Å²) in [7, 11) is 3.07. The van der Waals surface area contributed by atoms with Gasteiger partial charge in [0.05, 0.1) is 16.7 Å². The number of phenols is 4. The number of likely N-dealkylation sites (N-methyl/N-ethyl adjacent to an activating group) is 1. The lowest BCUT2D eigenvalue weighted by Crippen LogP contribution is -2.66. The maximum atomic E-state index is 16.7. The minimum absolute atomic E-state index is 0.153. The number of amides is 7. The van der Waals surface area contributed by atoms with Gasteiger partial charge in [0.1, 0.15) is 125 Å². The van der Waals surface area contributed by atoms with E-state index in [4.69, 9.17) is 56.4 Å². The highest BCUT2D eigenvalue weighted by atomic mass is 35.5. The van der Waals surface area contributed by atoms with E-state index in [1.807, 2.05) is 0 Å². The number of aliphatic hydroxyl groups is 7. The number of ether oxygens (including phenoxy) is 7. The molecule has 7 aromatic carbocycles. The van der Waals surface area contributed by atoms with Gasteiger partial charge in [-0.2, -0.15) is 0 Å². The largest absolute Gasteiger partial charge is 0.508 e. The molecule has 7 aromatic rings. The Bertz CT molecular complexity index is 5230. The first kappa shape index (κ1) is 88.9. The summed E-state index contributed by atoms with van der Waals surface area (Å²) in [4.78, 5) is 138. The number of hydrogen-bond acceptors (Lipinski definition) is 28. The van der Waals surface area contributed by atoms with Gasteiger partial charge in [-0.25, -0.2) is 9.59 Å². The first-order valence-corrected chi connectivity index (χ1v) is 40.0. The summed E-state index contributed by atoms with van der Waals surface area (Å²) in [6.45, 7) is 3.26. The fourth-order valence-electron chi connectivity index (χ4n) is 15.4. The number of aliphatic carboxylic acids is 2. The lowest BCUT2D eigenvalue weighted by molar-refractivity contribution is -0.277. The van der Waals surface area contributed by atoms with Crippen molar-refractivity contribution in [2.24, 2.45) is 5.92 Å². The van der Waals surface area contributed by atoms with Crippen molar-refractivity contribution in [3.8, 4) is 80.1 Å². The van der Waals surface area contributed by atoms with Crippen LogP contribution in [-0.4, -0.2) is 219 Å². The Morgan fingerprint density at radius 1 is 0.537 bits per heavy atom. The molecule has 0 spiro atoms. The number of hydrogen-bond donors (Lipinski definition) is 20. The molecule has 123 heavy (non-hydrogen) atoms. The predicted molar refractivity (Wildman–Crippen MR) is 428 cm³/mol. The molecule has 37 nitrogen and oxygen atoms in total. The van der Waals surface area contributed by atoms with Crippen molar-refractivity contribution in [3.05, 3.63) is 164 Å². The van der Waals surface area contributed by atoms with E-state index in [0.29, 0.717) is 18.8 Å². The summed E-state index contributed by atoms with van der Waals surface area (Å²) in [6.07, 6.45) is -16.4. The Hall–Kier alpha value is -11.8. The minimum atomic E-state index is -2.47. The molecule has 654 valence electrons. The van der Waals surface area contributed by atoms with Crippen molar-refractivity contribution >= 4 is 76.5 Å². The lowest BCUT2D eigenvalue weighted by atomic mass is 9.89. The maximum Gasteiger partial charge on any atom is 0.335 e. The summed E-state index contributed by atoms with van der Waals surface area (Å²) < 4.78 is 44.0. The number of phenolic OH excluding ortho intramolecular Hbond substituents is 4. The number of benzene rings is 7. The number of carbonyl (C=O) groups excluding carboxylic acids is 7. The molecular weight excluding hydrogens is 1660 g/mol. The maximum absolute atomic E-state index is 16.7. The Kier molecular flexibility index (Phi) is 27.1. The van der Waals surface area contributed by atoms with Crippen LogP contribution in [0.1, 0.15) is 140 Å². The lowest BCUT2D eigenvalue weighted by Gasteiger charge is -2.41. The van der Waals surface area contributed by atoms with Crippen molar-refractivity contribution in [3.63, 3.8) is 0 Å². The number of rotatable bonds is 18. The number of nitrogens with zero attached hydrogens (tertiary/aromatic N) is 1. The molecule has 9 heterocycles. The standard InChI is InChI=1S/C84H90Cl2N8O29/c1-34(2)11-9-7-5-6-8-10-12-57(100)88-65-69(103)71(105)74(82(115)116)123-83(65)122-73-54-27-39-28-55(73)119-51-21-17-38(25-46(51)85)67(101)64-79(111)92-63(81(113)114)44-29-40(96)30-53(120-84-72(106)70(104)68(102)56(33-95)121-84)58(44)43-24-36(15-20-48(43)97)60(76(108)93-64)89-77(109)61(39)90-78(110)62-45-31-42(32-50(99)59(45)86)118-52-22-16-37(26-49(52)98)66(94(3)4)80(112)87-47(75(107)91-62)23-35-13-18-41(117-54)19-14-35/h13-22,24-32,34,47,56,60-72,74,83-84,95-99,101-106H,5-12,23,33H2,1-4H3,(H,87,112)(H,88,100)(H,89,109)(H,90,110)(H,91,107)(H,92,111)(H,93,108)(H,113,114)(H,115,116)/t47-,56-,60-,61-,62+,63+,64+,65-,66-,67-,68-,69-,70+,71+,72+,74+,83-,84+/m1/s1. The third-order valence-corrected chi connectivity index (χ3v) is 22.5. The van der Waals surface area contributed by atoms with Gasteiger partial charge in [-0.05, 0) is 127 Å². The molecule has 9 aliphatic rings. The second-order valence-electron chi connectivity index (χ2n) is 31.2. The van der Waals surface area contributed by atoms with E-state index in [9.17, 15) is 85.6 Å². The van der Waals surface area contributed by atoms with Gasteiger partial charge in [-0.15, -0.1) is 0 Å². The van der Waals surface area contributed by atoms with Gasteiger partial charge >= 0.3 is 11.9 Å². The number of halogens is 2. The van der Waals surface area contributed by atoms with Gasteiger partial charge in [0.15, 0.2) is 35.1 Å². The zero-order valence-electron chi connectivity index (χ0n) is 66.1. The fraction of sp³-hybridized carbons (Fsp3) is 0.393. The minimum Gasteiger partial charge on any atom is -0.508 e. The van der Waals surface area contributed by atoms with Crippen molar-refractivity contribution in [1.82, 2.24) is 42.1 Å². The van der Waals surface area contributed by atoms with Gasteiger partial charge in [0.25, 0.3) is 0 Å². The van der Waals surface area contributed by atoms with Crippen LogP contribution in [0.15, 0.2) is 115 Å². The van der Waals surface area contributed by atoms with Crippen LogP contribution in [0.4, 0.5) is 0 Å². The van der Waals surface area contributed by atoms with Gasteiger partial charge in [0, 0.05) is 47.2 Å². The Morgan fingerprint density at radius 2 is 1.18 bits per heavy atom. The number of carbonyl (C=O) groups is 9. The molecular formula is C84H90Cl2N8O29. The first-order valence-electron chi connectivity index (χ1n) is 39.3. The quantitative estimate of drug-likeness (QED) is 0.0525. The molecule has 0 radical (unpaired) electrons. The van der Waals surface area contributed by atoms with Crippen LogP contribution >= 0.6 is 23.2 Å². The topological polar surface area (TPSA) is 569 Å². The zero-order valence-corrected chi connectivity index (χ0v) is 67.6. The third-order valence-electron chi connectivity index (χ3n) is 21.8. The third kappa shape index (κ3) is 19.3.